The van der Waals surface area contributed by atoms with Crippen LogP contribution in [0.2, 0.25) is 18.6 Å². The molecule has 4 atom stereocenters. The van der Waals surface area contributed by atoms with E-state index in [1.165, 1.54) is 29.2 Å². The number of para-hydroxylation sites is 4. The number of nitrogens with one attached hydrogen (secondary N) is 1. The van der Waals surface area contributed by atoms with Gasteiger partial charge in [0.2, 0.25) is 0 Å². The predicted molar refractivity (Wildman–Crippen MR) is 128 cm³/mol. The van der Waals surface area contributed by atoms with Crippen molar-refractivity contribution in [2.45, 2.75) is 45.8 Å². The molecule has 150 valence electrons. The molecule has 1 heterocycles. The Labute approximate surface area is 176 Å². The minimum atomic E-state index is -1.89. The van der Waals surface area contributed by atoms with E-state index in [1.54, 1.807) is 11.1 Å². The van der Waals surface area contributed by atoms with Gasteiger partial charge in [0.25, 0.3) is 0 Å². The molecular weight excluding hydrogens is 368 g/mol. The molecule has 0 bridgehead atoms. The van der Waals surface area contributed by atoms with Gasteiger partial charge in [0.05, 0.1) is 22.7 Å². The third-order valence-corrected chi connectivity index (χ3v) is 11.9. The van der Waals surface area contributed by atoms with Crippen LogP contribution in [0.5, 0.6) is 0 Å². The van der Waals surface area contributed by atoms with Crippen molar-refractivity contribution >= 4 is 31.0 Å². The van der Waals surface area contributed by atoms with Crippen molar-refractivity contribution in [3.05, 3.63) is 71.8 Å². The van der Waals surface area contributed by atoms with E-state index in [0.29, 0.717) is 5.92 Å². The van der Waals surface area contributed by atoms with Crippen LogP contribution >= 0.6 is 0 Å². The Bertz CT molecular complexity index is 973. The topological polar surface area (TPSA) is 15.3 Å². The van der Waals surface area contributed by atoms with Crippen molar-refractivity contribution < 1.29 is 0 Å². The molecule has 1 N–H and O–H groups in total. The van der Waals surface area contributed by atoms with Gasteiger partial charge in [-0.3, -0.25) is 0 Å². The van der Waals surface area contributed by atoms with Gasteiger partial charge < -0.3 is 9.88 Å². The van der Waals surface area contributed by atoms with E-state index in [1.807, 2.05) is 0 Å². The highest BCUT2D eigenvalue weighted by Crippen LogP contribution is 2.60. The lowest BCUT2D eigenvalue weighted by Crippen LogP contribution is -2.53. The van der Waals surface area contributed by atoms with Crippen LogP contribution in [-0.2, 0) is 0 Å². The van der Waals surface area contributed by atoms with Gasteiger partial charge in [0.1, 0.15) is 0 Å². The van der Waals surface area contributed by atoms with Gasteiger partial charge in [-0.1, -0.05) is 67.6 Å². The van der Waals surface area contributed by atoms with E-state index in [4.69, 9.17) is 0 Å². The molecule has 3 aliphatic rings. The summed E-state index contributed by atoms with van der Waals surface area (Å²) in [6.45, 7) is 12.4. The maximum atomic E-state index is 3.68. The molecule has 0 saturated heterocycles. The molecule has 1 fully saturated rings. The van der Waals surface area contributed by atoms with Crippen molar-refractivity contribution in [3.8, 4) is 0 Å². The summed E-state index contributed by atoms with van der Waals surface area (Å²) in [6.07, 6.45) is 6.09. The fraction of sp³-hybridized carbons (Fsp3) is 0.385. The van der Waals surface area contributed by atoms with Crippen molar-refractivity contribution in [2.24, 2.45) is 17.8 Å². The van der Waals surface area contributed by atoms with Gasteiger partial charge in [-0.2, -0.15) is 0 Å². The summed E-state index contributed by atoms with van der Waals surface area (Å²) in [5.41, 5.74) is 9.08. The minimum absolute atomic E-state index is 0.686. The Balaban J connectivity index is 1.66. The first kappa shape index (κ1) is 18.7. The summed E-state index contributed by atoms with van der Waals surface area (Å²) in [4.78, 5) is 0. The molecule has 29 heavy (non-hydrogen) atoms. The average Bonchev–Trinajstić information content (AvgIpc) is 3.08. The lowest BCUT2D eigenvalue weighted by Gasteiger charge is -2.49. The molecule has 4 unspecified atom stereocenters. The van der Waals surface area contributed by atoms with Gasteiger partial charge >= 0.3 is 0 Å². The second-order valence-electron chi connectivity index (χ2n) is 9.84. The average molecular weight is 401 g/mol. The quantitative estimate of drug-likeness (QED) is 0.521. The standard InChI is InChI=1S/C26H32N2Si/c1-17-14-15-18(2)25-20(17)16-19(3)26(25)29(4,5)28-23-12-8-6-10-21(23)27-22-11-7-9-13-24(22)28/h6-15,19-20,25-27H,16H2,1-5H3. The summed E-state index contributed by atoms with van der Waals surface area (Å²) < 4.78 is 2.76. The zero-order valence-corrected chi connectivity index (χ0v) is 19.2. The summed E-state index contributed by atoms with van der Waals surface area (Å²) in [5, 5.41) is 3.68. The first-order valence-electron chi connectivity index (χ1n) is 11.0. The number of benzene rings is 2. The number of fused-ring (bicyclic) bond motifs is 3. The molecule has 0 radical (unpaired) electrons. The molecule has 2 aromatic rings. The summed E-state index contributed by atoms with van der Waals surface area (Å²) in [5.74, 6) is 2.15. The number of hydrogen-bond donors (Lipinski definition) is 1. The van der Waals surface area contributed by atoms with Crippen LogP contribution in [0, 0.1) is 17.8 Å². The van der Waals surface area contributed by atoms with Crippen LogP contribution in [0.15, 0.2) is 71.8 Å². The summed E-state index contributed by atoms with van der Waals surface area (Å²) >= 11 is 0. The third-order valence-electron chi connectivity index (χ3n) is 7.73. The third kappa shape index (κ3) is 2.74. The van der Waals surface area contributed by atoms with Gasteiger partial charge in [0, 0.05) is 0 Å². The Morgan fingerprint density at radius 3 is 2.03 bits per heavy atom. The van der Waals surface area contributed by atoms with Crippen molar-refractivity contribution in [2.75, 3.05) is 9.88 Å². The molecule has 2 aromatic carbocycles. The lowest BCUT2D eigenvalue weighted by atomic mass is 9.81. The van der Waals surface area contributed by atoms with E-state index in [0.717, 1.165) is 17.4 Å². The fourth-order valence-corrected chi connectivity index (χ4v) is 11.4. The second kappa shape index (κ2) is 6.63. The molecule has 2 aliphatic carbocycles. The maximum Gasteiger partial charge on any atom is 0.160 e. The zero-order valence-electron chi connectivity index (χ0n) is 18.2. The van der Waals surface area contributed by atoms with Crippen LogP contribution < -0.4 is 9.88 Å². The maximum absolute atomic E-state index is 3.68. The smallest absolute Gasteiger partial charge is 0.160 e. The number of allylic oxidation sites excluding steroid dienone is 4. The molecule has 3 heteroatoms. The van der Waals surface area contributed by atoms with Crippen LogP contribution in [0.1, 0.15) is 27.2 Å². The monoisotopic (exact) mass is 400 g/mol. The Morgan fingerprint density at radius 2 is 1.41 bits per heavy atom. The predicted octanol–water partition coefficient (Wildman–Crippen LogP) is 7.64. The summed E-state index contributed by atoms with van der Waals surface area (Å²) in [6, 6.07) is 17.7. The van der Waals surface area contributed by atoms with Crippen molar-refractivity contribution in [1.82, 2.24) is 0 Å². The Hall–Kier alpha value is -2.26. The van der Waals surface area contributed by atoms with E-state index < -0.39 is 8.24 Å². The second-order valence-corrected chi connectivity index (χ2v) is 14.3. The van der Waals surface area contributed by atoms with Gasteiger partial charge in [-0.25, -0.2) is 0 Å². The van der Waals surface area contributed by atoms with Crippen LogP contribution in [0.25, 0.3) is 0 Å². The SMILES string of the molecule is CC1=CC=C(C)C2C1CC(C)C2[Si](C)(C)N1c2ccccc2Nc2ccccc21. The number of nitrogens with zero attached hydrogens (tertiary/aromatic N) is 1. The largest absolute Gasteiger partial charge is 0.366 e. The highest BCUT2D eigenvalue weighted by Gasteiger charge is 2.54. The number of hydrogen-bond acceptors (Lipinski definition) is 2. The molecular formula is C26H32N2Si. The molecule has 0 amide bonds. The fourth-order valence-electron chi connectivity index (χ4n) is 6.59. The molecule has 1 saturated carbocycles. The van der Waals surface area contributed by atoms with Crippen LogP contribution in [-0.4, -0.2) is 8.24 Å². The first-order valence-corrected chi connectivity index (χ1v) is 14.0. The molecule has 0 spiro atoms. The molecule has 2 nitrogen and oxygen atoms in total. The lowest BCUT2D eigenvalue weighted by molar-refractivity contribution is 0.489. The Kier molecular flexibility index (Phi) is 4.29. The van der Waals surface area contributed by atoms with E-state index >= 15 is 0 Å². The number of rotatable bonds is 2. The van der Waals surface area contributed by atoms with E-state index in [2.05, 4.69) is 104 Å². The van der Waals surface area contributed by atoms with Crippen LogP contribution in [0.3, 0.4) is 0 Å². The molecule has 5 rings (SSSR count). The van der Waals surface area contributed by atoms with Gasteiger partial charge in [-0.15, -0.1) is 0 Å². The summed E-state index contributed by atoms with van der Waals surface area (Å²) in [7, 11) is -1.89. The van der Waals surface area contributed by atoms with E-state index in [-0.39, 0.29) is 0 Å². The normalized spacial score (nSPS) is 28.0. The highest BCUT2D eigenvalue weighted by atomic mass is 28.3. The minimum Gasteiger partial charge on any atom is -0.366 e. The first-order chi connectivity index (χ1) is 13.9. The zero-order chi connectivity index (χ0) is 20.3. The molecule has 0 aromatic heterocycles. The van der Waals surface area contributed by atoms with Crippen molar-refractivity contribution in [3.63, 3.8) is 0 Å². The van der Waals surface area contributed by atoms with E-state index in [9.17, 15) is 0 Å². The van der Waals surface area contributed by atoms with Crippen LogP contribution in [0.4, 0.5) is 22.7 Å². The van der Waals surface area contributed by atoms with Crippen molar-refractivity contribution in [1.29, 1.82) is 0 Å². The Morgan fingerprint density at radius 1 is 0.862 bits per heavy atom. The van der Waals surface area contributed by atoms with Gasteiger partial charge in [-0.05, 0) is 67.8 Å². The number of anilines is 4. The molecule has 1 aliphatic heterocycles. The highest BCUT2D eigenvalue weighted by molar-refractivity contribution is 6.84. The van der Waals surface area contributed by atoms with Gasteiger partial charge in [0.15, 0.2) is 8.24 Å².